The minimum absolute atomic E-state index is 0.134. The third-order valence-electron chi connectivity index (χ3n) is 2.37. The first-order valence-corrected chi connectivity index (χ1v) is 4.63. The van der Waals surface area contributed by atoms with Crippen molar-refractivity contribution in [2.24, 2.45) is 4.99 Å². The molecule has 1 heterocycles. The average Bonchev–Trinajstić information content (AvgIpc) is 2.67. The molecule has 68 valence electrons. The van der Waals surface area contributed by atoms with Crippen LogP contribution in [-0.2, 0) is 0 Å². The molecule has 0 saturated heterocycles. The topological polar surface area (TPSA) is 32.6 Å². The second kappa shape index (κ2) is 3.71. The summed E-state index contributed by atoms with van der Waals surface area (Å²) in [5, 5.41) is 8.92. The highest BCUT2D eigenvalue weighted by Crippen LogP contribution is 2.17. The monoisotopic (exact) mass is 175 g/mol. The Morgan fingerprint density at radius 2 is 2.08 bits per heavy atom. The van der Waals surface area contributed by atoms with E-state index in [1.54, 1.807) is 0 Å². The fraction of sp³-hybridized carbons (Fsp3) is 0.364. The smallest absolute Gasteiger partial charge is 0.0737 e. The van der Waals surface area contributed by atoms with Crippen molar-refractivity contribution >= 4 is 5.71 Å². The SMILES string of the molecule is OC[C@H]1CCC(c2ccccc2)=N1. The average molecular weight is 175 g/mol. The molecule has 2 nitrogen and oxygen atoms in total. The van der Waals surface area contributed by atoms with E-state index in [2.05, 4.69) is 17.1 Å². The Kier molecular flexibility index (Phi) is 2.41. The molecule has 0 saturated carbocycles. The molecule has 13 heavy (non-hydrogen) atoms. The van der Waals surface area contributed by atoms with Crippen LogP contribution in [0.2, 0.25) is 0 Å². The van der Waals surface area contributed by atoms with E-state index >= 15 is 0 Å². The van der Waals surface area contributed by atoms with E-state index in [1.807, 2.05) is 18.2 Å². The molecule has 1 aliphatic heterocycles. The Balaban J connectivity index is 2.19. The molecular formula is C11H13NO. The lowest BCUT2D eigenvalue weighted by molar-refractivity contribution is 0.267. The highest BCUT2D eigenvalue weighted by Gasteiger charge is 2.16. The molecule has 1 aromatic rings. The van der Waals surface area contributed by atoms with E-state index in [4.69, 9.17) is 5.11 Å². The van der Waals surface area contributed by atoms with Crippen molar-refractivity contribution in [3.8, 4) is 0 Å². The Morgan fingerprint density at radius 3 is 2.69 bits per heavy atom. The summed E-state index contributed by atoms with van der Waals surface area (Å²) in [5.74, 6) is 0. The fourth-order valence-corrected chi connectivity index (χ4v) is 1.63. The summed E-state index contributed by atoms with van der Waals surface area (Å²) in [6.07, 6.45) is 1.98. The van der Waals surface area contributed by atoms with Crippen LogP contribution in [0.1, 0.15) is 18.4 Å². The minimum atomic E-state index is 0.134. The Bertz CT molecular complexity index is 305. The first-order chi connectivity index (χ1) is 6.40. The number of hydrogen-bond acceptors (Lipinski definition) is 2. The summed E-state index contributed by atoms with van der Waals surface area (Å²) in [6, 6.07) is 10.3. The van der Waals surface area contributed by atoms with Gasteiger partial charge in [0.2, 0.25) is 0 Å². The molecule has 0 spiro atoms. The van der Waals surface area contributed by atoms with Gasteiger partial charge in [-0.25, -0.2) is 0 Å². The quantitative estimate of drug-likeness (QED) is 0.728. The Hall–Kier alpha value is -1.15. The van der Waals surface area contributed by atoms with Crippen molar-refractivity contribution < 1.29 is 5.11 Å². The van der Waals surface area contributed by atoms with E-state index in [0.29, 0.717) is 0 Å². The highest BCUT2D eigenvalue weighted by atomic mass is 16.3. The second-order valence-electron chi connectivity index (χ2n) is 3.32. The van der Waals surface area contributed by atoms with Crippen LogP contribution >= 0.6 is 0 Å². The molecule has 0 unspecified atom stereocenters. The Labute approximate surface area is 77.9 Å². The van der Waals surface area contributed by atoms with Gasteiger partial charge in [-0.15, -0.1) is 0 Å². The van der Waals surface area contributed by atoms with Crippen LogP contribution in [0.15, 0.2) is 35.3 Å². The van der Waals surface area contributed by atoms with Crippen LogP contribution in [0.4, 0.5) is 0 Å². The van der Waals surface area contributed by atoms with Gasteiger partial charge in [-0.1, -0.05) is 30.3 Å². The summed E-state index contributed by atoms with van der Waals surface area (Å²) >= 11 is 0. The molecular weight excluding hydrogens is 162 g/mol. The third-order valence-corrected chi connectivity index (χ3v) is 2.37. The van der Waals surface area contributed by atoms with Crippen molar-refractivity contribution in [2.75, 3.05) is 6.61 Å². The molecule has 0 aliphatic carbocycles. The molecule has 0 aromatic heterocycles. The van der Waals surface area contributed by atoms with Gasteiger partial charge >= 0.3 is 0 Å². The van der Waals surface area contributed by atoms with E-state index in [1.165, 1.54) is 5.56 Å². The molecule has 1 aromatic carbocycles. The maximum Gasteiger partial charge on any atom is 0.0737 e. The zero-order valence-corrected chi connectivity index (χ0v) is 7.48. The summed E-state index contributed by atoms with van der Waals surface area (Å²) in [6.45, 7) is 0.177. The molecule has 1 atom stereocenters. The van der Waals surface area contributed by atoms with Gasteiger partial charge in [-0.3, -0.25) is 4.99 Å². The zero-order chi connectivity index (χ0) is 9.10. The lowest BCUT2D eigenvalue weighted by Gasteiger charge is -1.98. The van der Waals surface area contributed by atoms with Crippen LogP contribution < -0.4 is 0 Å². The standard InChI is InChI=1S/C11H13NO/c13-8-10-6-7-11(12-10)9-4-2-1-3-5-9/h1-5,10,13H,6-8H2/t10-/m1/s1. The maximum atomic E-state index is 8.92. The normalized spacial score (nSPS) is 21.6. The number of aliphatic hydroxyl groups excluding tert-OH is 1. The van der Waals surface area contributed by atoms with Crippen molar-refractivity contribution in [1.29, 1.82) is 0 Å². The van der Waals surface area contributed by atoms with Gasteiger partial charge in [0.25, 0.3) is 0 Å². The van der Waals surface area contributed by atoms with Gasteiger partial charge in [-0.05, 0) is 18.4 Å². The van der Waals surface area contributed by atoms with E-state index in [9.17, 15) is 0 Å². The minimum Gasteiger partial charge on any atom is -0.394 e. The summed E-state index contributed by atoms with van der Waals surface area (Å²) in [4.78, 5) is 4.44. The molecule has 0 fully saturated rings. The number of nitrogens with zero attached hydrogens (tertiary/aromatic N) is 1. The fourth-order valence-electron chi connectivity index (χ4n) is 1.63. The summed E-state index contributed by atoms with van der Waals surface area (Å²) < 4.78 is 0. The van der Waals surface area contributed by atoms with Crippen LogP contribution in [0, 0.1) is 0 Å². The van der Waals surface area contributed by atoms with Crippen molar-refractivity contribution in [2.45, 2.75) is 18.9 Å². The van der Waals surface area contributed by atoms with E-state index < -0.39 is 0 Å². The molecule has 2 heteroatoms. The molecule has 0 amide bonds. The molecule has 2 rings (SSSR count). The van der Waals surface area contributed by atoms with Crippen LogP contribution in [0.25, 0.3) is 0 Å². The second-order valence-corrected chi connectivity index (χ2v) is 3.32. The van der Waals surface area contributed by atoms with Gasteiger partial charge < -0.3 is 5.11 Å². The van der Waals surface area contributed by atoms with Crippen LogP contribution in [-0.4, -0.2) is 23.5 Å². The number of rotatable bonds is 2. The highest BCUT2D eigenvalue weighted by molar-refractivity contribution is 6.01. The lowest BCUT2D eigenvalue weighted by Crippen LogP contribution is -2.04. The molecule has 0 bridgehead atoms. The van der Waals surface area contributed by atoms with Gasteiger partial charge in [0.15, 0.2) is 0 Å². The molecule has 0 radical (unpaired) electrons. The predicted octanol–water partition coefficient (Wildman–Crippen LogP) is 1.63. The molecule has 1 N–H and O–H groups in total. The maximum absolute atomic E-state index is 8.92. The zero-order valence-electron chi connectivity index (χ0n) is 7.48. The summed E-state index contributed by atoms with van der Waals surface area (Å²) in [5.41, 5.74) is 2.33. The van der Waals surface area contributed by atoms with Gasteiger partial charge in [-0.2, -0.15) is 0 Å². The van der Waals surface area contributed by atoms with Crippen LogP contribution in [0.3, 0.4) is 0 Å². The van der Waals surface area contributed by atoms with Gasteiger partial charge in [0, 0.05) is 5.71 Å². The van der Waals surface area contributed by atoms with Crippen molar-refractivity contribution in [3.63, 3.8) is 0 Å². The number of benzene rings is 1. The third kappa shape index (κ3) is 1.78. The van der Waals surface area contributed by atoms with E-state index in [0.717, 1.165) is 18.6 Å². The van der Waals surface area contributed by atoms with Crippen molar-refractivity contribution in [1.82, 2.24) is 0 Å². The first kappa shape index (κ1) is 8.45. The number of hydrogen-bond donors (Lipinski definition) is 1. The van der Waals surface area contributed by atoms with Gasteiger partial charge in [0.05, 0.1) is 12.6 Å². The van der Waals surface area contributed by atoms with E-state index in [-0.39, 0.29) is 12.6 Å². The van der Waals surface area contributed by atoms with Crippen molar-refractivity contribution in [3.05, 3.63) is 35.9 Å². The first-order valence-electron chi connectivity index (χ1n) is 4.63. The Morgan fingerprint density at radius 1 is 1.31 bits per heavy atom. The predicted molar refractivity (Wildman–Crippen MR) is 53.1 cm³/mol. The number of aliphatic hydroxyl groups is 1. The lowest BCUT2D eigenvalue weighted by atomic mass is 10.1. The van der Waals surface area contributed by atoms with Crippen LogP contribution in [0.5, 0.6) is 0 Å². The molecule has 1 aliphatic rings. The van der Waals surface area contributed by atoms with Gasteiger partial charge in [0.1, 0.15) is 0 Å². The largest absolute Gasteiger partial charge is 0.394 e. The summed E-state index contributed by atoms with van der Waals surface area (Å²) in [7, 11) is 0. The number of aliphatic imine (C=N–C) groups is 1.